The first kappa shape index (κ1) is 12.0. The molecule has 0 unspecified atom stereocenters. The summed E-state index contributed by atoms with van der Waals surface area (Å²) in [5.74, 6) is 0.307. The minimum absolute atomic E-state index is 0.117. The van der Waals surface area contributed by atoms with Crippen molar-refractivity contribution in [2.75, 3.05) is 25.1 Å². The van der Waals surface area contributed by atoms with E-state index in [2.05, 4.69) is 15.5 Å². The summed E-state index contributed by atoms with van der Waals surface area (Å²) in [7, 11) is 0. The highest BCUT2D eigenvalue weighted by molar-refractivity contribution is 5.93. The molecule has 0 saturated carbocycles. The van der Waals surface area contributed by atoms with Gasteiger partial charge in [0.15, 0.2) is 5.82 Å². The Labute approximate surface area is 98.7 Å². The Bertz CT molecular complexity index is 398. The highest BCUT2D eigenvalue weighted by Gasteiger charge is 2.39. The van der Waals surface area contributed by atoms with Gasteiger partial charge in [-0.15, -0.1) is 0 Å². The number of carbonyl (C=O) groups excluding carboxylic acids is 1. The molecular formula is C10H16N4O3. The van der Waals surface area contributed by atoms with Crippen molar-refractivity contribution in [3.8, 4) is 0 Å². The Morgan fingerprint density at radius 2 is 2.24 bits per heavy atom. The normalized spacial score (nSPS) is 18.9. The lowest BCUT2D eigenvalue weighted by Gasteiger charge is -2.33. The van der Waals surface area contributed by atoms with Crippen LogP contribution in [0.5, 0.6) is 0 Å². The Kier molecular flexibility index (Phi) is 3.39. The van der Waals surface area contributed by atoms with Crippen LogP contribution in [0, 0.1) is 12.3 Å². The van der Waals surface area contributed by atoms with E-state index in [1.54, 1.807) is 6.92 Å². The molecule has 0 bridgehead atoms. The monoisotopic (exact) mass is 240 g/mol. The quantitative estimate of drug-likeness (QED) is 0.775. The maximum Gasteiger partial charge on any atom is 0.328 e. The SMILES string of the molecule is Cc1noc(NC(=O)C2(CN)CCOCC2)n1. The largest absolute Gasteiger partial charge is 0.381 e. The van der Waals surface area contributed by atoms with Gasteiger partial charge in [0.1, 0.15) is 0 Å². The van der Waals surface area contributed by atoms with Gasteiger partial charge < -0.3 is 15.0 Å². The van der Waals surface area contributed by atoms with Crippen molar-refractivity contribution >= 4 is 11.9 Å². The van der Waals surface area contributed by atoms with Crippen LogP contribution in [0.4, 0.5) is 6.01 Å². The number of anilines is 1. The lowest BCUT2D eigenvalue weighted by molar-refractivity contribution is -0.130. The molecule has 1 saturated heterocycles. The molecule has 0 radical (unpaired) electrons. The van der Waals surface area contributed by atoms with E-state index in [4.69, 9.17) is 15.0 Å². The Hall–Kier alpha value is -1.47. The van der Waals surface area contributed by atoms with Crippen LogP contribution >= 0.6 is 0 Å². The van der Waals surface area contributed by atoms with Crippen LogP contribution in [-0.2, 0) is 9.53 Å². The summed E-state index contributed by atoms with van der Waals surface area (Å²) in [6.45, 7) is 3.07. The van der Waals surface area contributed by atoms with Crippen LogP contribution in [0.15, 0.2) is 4.52 Å². The summed E-state index contributed by atoms with van der Waals surface area (Å²) in [5.41, 5.74) is 5.13. The van der Waals surface area contributed by atoms with E-state index in [-0.39, 0.29) is 18.5 Å². The molecule has 0 aromatic carbocycles. The molecule has 0 aliphatic carbocycles. The number of aryl methyl sites for hydroxylation is 1. The second-order valence-electron chi connectivity index (χ2n) is 4.20. The fourth-order valence-corrected chi connectivity index (χ4v) is 1.86. The van der Waals surface area contributed by atoms with E-state index in [9.17, 15) is 4.79 Å². The molecule has 7 nitrogen and oxygen atoms in total. The van der Waals surface area contributed by atoms with Gasteiger partial charge in [-0.25, -0.2) is 0 Å². The summed E-state index contributed by atoms with van der Waals surface area (Å²) in [6.07, 6.45) is 1.23. The molecule has 2 rings (SSSR count). The minimum Gasteiger partial charge on any atom is -0.381 e. The molecule has 94 valence electrons. The number of hydrogen-bond donors (Lipinski definition) is 2. The Morgan fingerprint density at radius 1 is 1.53 bits per heavy atom. The third-order valence-electron chi connectivity index (χ3n) is 3.07. The van der Waals surface area contributed by atoms with Crippen LogP contribution < -0.4 is 11.1 Å². The third kappa shape index (κ3) is 2.45. The van der Waals surface area contributed by atoms with Crippen molar-refractivity contribution in [2.45, 2.75) is 19.8 Å². The maximum atomic E-state index is 12.2. The Morgan fingerprint density at radius 3 is 2.76 bits per heavy atom. The van der Waals surface area contributed by atoms with Gasteiger partial charge in [-0.05, 0) is 19.8 Å². The molecule has 17 heavy (non-hydrogen) atoms. The van der Waals surface area contributed by atoms with Gasteiger partial charge in [0.05, 0.1) is 5.41 Å². The van der Waals surface area contributed by atoms with Gasteiger partial charge in [0.2, 0.25) is 5.91 Å². The second-order valence-corrected chi connectivity index (χ2v) is 4.20. The predicted octanol–water partition coefficient (Wildman–Crippen LogP) is 0.0720. The highest BCUT2D eigenvalue weighted by Crippen LogP contribution is 2.30. The minimum atomic E-state index is -0.583. The topological polar surface area (TPSA) is 103 Å². The maximum absolute atomic E-state index is 12.2. The number of hydrogen-bond acceptors (Lipinski definition) is 6. The lowest BCUT2D eigenvalue weighted by Crippen LogP contribution is -2.46. The summed E-state index contributed by atoms with van der Waals surface area (Å²) < 4.78 is 10.1. The molecule has 1 amide bonds. The number of nitrogens with two attached hydrogens (primary N) is 1. The van der Waals surface area contributed by atoms with Gasteiger partial charge >= 0.3 is 6.01 Å². The van der Waals surface area contributed by atoms with Gasteiger partial charge in [0, 0.05) is 19.8 Å². The lowest BCUT2D eigenvalue weighted by atomic mass is 9.79. The zero-order chi connectivity index (χ0) is 12.3. The molecule has 1 aromatic heterocycles. The zero-order valence-corrected chi connectivity index (χ0v) is 9.73. The molecule has 1 fully saturated rings. The number of carbonyl (C=O) groups is 1. The van der Waals surface area contributed by atoms with E-state index >= 15 is 0 Å². The molecule has 1 aromatic rings. The van der Waals surface area contributed by atoms with Gasteiger partial charge in [-0.2, -0.15) is 4.98 Å². The first-order chi connectivity index (χ1) is 8.16. The van der Waals surface area contributed by atoms with E-state index in [1.165, 1.54) is 0 Å². The summed E-state index contributed by atoms with van der Waals surface area (Å²) in [4.78, 5) is 16.1. The molecule has 2 heterocycles. The van der Waals surface area contributed by atoms with Crippen LogP contribution in [0.1, 0.15) is 18.7 Å². The van der Waals surface area contributed by atoms with E-state index in [0.29, 0.717) is 31.9 Å². The number of nitrogens with zero attached hydrogens (tertiary/aromatic N) is 2. The van der Waals surface area contributed by atoms with E-state index < -0.39 is 5.41 Å². The van der Waals surface area contributed by atoms with Crippen molar-refractivity contribution in [2.24, 2.45) is 11.1 Å². The summed E-state index contributed by atoms with van der Waals surface area (Å²) in [6, 6.07) is 0.117. The number of ether oxygens (including phenoxy) is 1. The smallest absolute Gasteiger partial charge is 0.328 e. The molecule has 0 spiro atoms. The van der Waals surface area contributed by atoms with Crippen LogP contribution in [0.2, 0.25) is 0 Å². The van der Waals surface area contributed by atoms with Crippen LogP contribution in [-0.4, -0.2) is 35.8 Å². The molecule has 0 atom stereocenters. The molecule has 1 aliphatic heterocycles. The van der Waals surface area contributed by atoms with Crippen molar-refractivity contribution in [3.05, 3.63) is 5.82 Å². The van der Waals surface area contributed by atoms with E-state index in [0.717, 1.165) is 0 Å². The first-order valence-corrected chi connectivity index (χ1v) is 5.56. The standard InChI is InChI=1S/C10H16N4O3/c1-7-12-9(17-14-7)13-8(15)10(6-11)2-4-16-5-3-10/h2-6,11H2,1H3,(H,12,13,14,15). The van der Waals surface area contributed by atoms with Gasteiger partial charge in [0.25, 0.3) is 0 Å². The zero-order valence-electron chi connectivity index (χ0n) is 9.73. The Balaban J connectivity index is 2.07. The number of aromatic nitrogens is 2. The predicted molar refractivity (Wildman–Crippen MR) is 59.2 cm³/mol. The number of nitrogens with one attached hydrogen (secondary N) is 1. The number of amides is 1. The average molecular weight is 240 g/mol. The van der Waals surface area contributed by atoms with Crippen LogP contribution in [0.3, 0.4) is 0 Å². The van der Waals surface area contributed by atoms with Gasteiger partial charge in [-0.1, -0.05) is 5.16 Å². The third-order valence-corrected chi connectivity index (χ3v) is 3.07. The van der Waals surface area contributed by atoms with Crippen molar-refractivity contribution in [1.29, 1.82) is 0 Å². The fourth-order valence-electron chi connectivity index (χ4n) is 1.86. The van der Waals surface area contributed by atoms with Crippen molar-refractivity contribution in [1.82, 2.24) is 10.1 Å². The number of rotatable bonds is 3. The molecular weight excluding hydrogens is 224 g/mol. The second kappa shape index (κ2) is 4.80. The summed E-state index contributed by atoms with van der Waals surface area (Å²) >= 11 is 0. The van der Waals surface area contributed by atoms with Gasteiger partial charge in [-0.3, -0.25) is 10.1 Å². The van der Waals surface area contributed by atoms with Crippen molar-refractivity contribution < 1.29 is 14.1 Å². The highest BCUT2D eigenvalue weighted by atomic mass is 16.5. The fraction of sp³-hybridized carbons (Fsp3) is 0.700. The van der Waals surface area contributed by atoms with Crippen LogP contribution in [0.25, 0.3) is 0 Å². The van der Waals surface area contributed by atoms with Crippen molar-refractivity contribution in [3.63, 3.8) is 0 Å². The molecule has 7 heteroatoms. The first-order valence-electron chi connectivity index (χ1n) is 5.56. The molecule has 1 aliphatic rings. The summed E-state index contributed by atoms with van der Waals surface area (Å²) in [5, 5.41) is 6.22. The van der Waals surface area contributed by atoms with E-state index in [1.807, 2.05) is 0 Å². The average Bonchev–Trinajstić information content (AvgIpc) is 2.75. The molecule has 3 N–H and O–H groups in total.